The number of benzene rings is 1. The van der Waals surface area contributed by atoms with Gasteiger partial charge in [-0.05, 0) is 30.9 Å². The van der Waals surface area contributed by atoms with Crippen LogP contribution in [0.15, 0.2) is 24.3 Å². The molecular formula is C15H21NO4. The Morgan fingerprint density at radius 1 is 1.35 bits per heavy atom. The molecule has 1 aromatic carbocycles. The molecule has 0 saturated carbocycles. The molecule has 0 spiro atoms. The van der Waals surface area contributed by atoms with Crippen LogP contribution in [0.1, 0.15) is 18.4 Å². The van der Waals surface area contributed by atoms with Crippen molar-refractivity contribution in [3.05, 3.63) is 29.8 Å². The van der Waals surface area contributed by atoms with Crippen molar-refractivity contribution in [1.29, 1.82) is 0 Å². The highest BCUT2D eigenvalue weighted by molar-refractivity contribution is 5.77. The first-order valence-corrected chi connectivity index (χ1v) is 6.98. The molecule has 0 atom stereocenters. The second kappa shape index (κ2) is 7.87. The maximum atomic E-state index is 11.8. The summed E-state index contributed by atoms with van der Waals surface area (Å²) in [7, 11) is 0. The van der Waals surface area contributed by atoms with Crippen LogP contribution in [0.5, 0.6) is 5.75 Å². The van der Waals surface area contributed by atoms with E-state index in [9.17, 15) is 4.79 Å². The second-order valence-electron chi connectivity index (χ2n) is 4.82. The third kappa shape index (κ3) is 4.51. The smallest absolute Gasteiger partial charge is 0.258 e. The average molecular weight is 279 g/mol. The number of hydrogen-bond acceptors (Lipinski definition) is 4. The quantitative estimate of drug-likeness (QED) is 0.811. The van der Waals surface area contributed by atoms with E-state index in [1.807, 2.05) is 24.3 Å². The summed E-state index contributed by atoms with van der Waals surface area (Å²) in [5, 5.41) is 11.9. The molecule has 0 aliphatic carbocycles. The topological polar surface area (TPSA) is 67.8 Å². The van der Waals surface area contributed by atoms with Gasteiger partial charge in [0.15, 0.2) is 6.61 Å². The van der Waals surface area contributed by atoms with Gasteiger partial charge in [0.2, 0.25) is 0 Å². The predicted molar refractivity (Wildman–Crippen MR) is 74.7 cm³/mol. The summed E-state index contributed by atoms with van der Waals surface area (Å²) >= 11 is 0. The molecule has 1 heterocycles. The first kappa shape index (κ1) is 14.8. The fourth-order valence-electron chi connectivity index (χ4n) is 2.23. The zero-order chi connectivity index (χ0) is 14.2. The molecule has 1 amide bonds. The molecule has 110 valence electrons. The normalized spacial score (nSPS) is 15.8. The first-order valence-electron chi connectivity index (χ1n) is 6.98. The van der Waals surface area contributed by atoms with Crippen LogP contribution in [0, 0.1) is 0 Å². The summed E-state index contributed by atoms with van der Waals surface area (Å²) in [6.45, 7) is 1.46. The van der Waals surface area contributed by atoms with Gasteiger partial charge in [0.1, 0.15) is 5.75 Å². The van der Waals surface area contributed by atoms with Crippen LogP contribution >= 0.6 is 0 Å². The minimum absolute atomic E-state index is 0.000199. The fraction of sp³-hybridized carbons (Fsp3) is 0.533. The molecule has 1 aliphatic rings. The third-order valence-corrected chi connectivity index (χ3v) is 3.30. The van der Waals surface area contributed by atoms with Crippen LogP contribution in [-0.4, -0.2) is 43.5 Å². The maximum absolute atomic E-state index is 11.8. The molecule has 0 aromatic heterocycles. The Morgan fingerprint density at radius 3 is 2.85 bits per heavy atom. The van der Waals surface area contributed by atoms with E-state index in [0.29, 0.717) is 25.4 Å². The lowest BCUT2D eigenvalue weighted by atomic mass is 10.1. The van der Waals surface area contributed by atoms with Gasteiger partial charge in [0, 0.05) is 25.9 Å². The Labute approximate surface area is 118 Å². The highest BCUT2D eigenvalue weighted by atomic mass is 16.5. The Hall–Kier alpha value is -1.59. The number of para-hydroxylation sites is 1. The van der Waals surface area contributed by atoms with Crippen LogP contribution in [0.2, 0.25) is 0 Å². The van der Waals surface area contributed by atoms with Crippen molar-refractivity contribution < 1.29 is 19.4 Å². The van der Waals surface area contributed by atoms with Gasteiger partial charge in [-0.15, -0.1) is 0 Å². The minimum atomic E-state index is -0.115. The maximum Gasteiger partial charge on any atom is 0.258 e. The number of aliphatic hydroxyl groups is 1. The number of rotatable bonds is 6. The number of aliphatic hydroxyl groups excluding tert-OH is 1. The molecule has 0 unspecified atom stereocenters. The van der Waals surface area contributed by atoms with Crippen molar-refractivity contribution in [2.75, 3.05) is 26.4 Å². The number of hydrogen-bond donors (Lipinski definition) is 2. The number of nitrogens with one attached hydrogen (secondary N) is 1. The molecule has 2 rings (SSSR count). The van der Waals surface area contributed by atoms with E-state index in [2.05, 4.69) is 5.32 Å². The molecule has 1 aromatic rings. The molecule has 0 bridgehead atoms. The molecule has 2 N–H and O–H groups in total. The monoisotopic (exact) mass is 279 g/mol. The number of amides is 1. The van der Waals surface area contributed by atoms with Crippen molar-refractivity contribution in [3.8, 4) is 5.75 Å². The van der Waals surface area contributed by atoms with Crippen molar-refractivity contribution >= 4 is 5.91 Å². The molecular weight excluding hydrogens is 258 g/mol. The summed E-state index contributed by atoms with van der Waals surface area (Å²) in [4.78, 5) is 11.8. The number of carbonyl (C=O) groups excluding carboxylic acids is 1. The Kier molecular flexibility index (Phi) is 5.83. The Morgan fingerprint density at radius 2 is 2.10 bits per heavy atom. The van der Waals surface area contributed by atoms with Gasteiger partial charge < -0.3 is 19.9 Å². The van der Waals surface area contributed by atoms with E-state index in [0.717, 1.165) is 18.4 Å². The van der Waals surface area contributed by atoms with E-state index in [1.54, 1.807) is 0 Å². The molecule has 1 fully saturated rings. The van der Waals surface area contributed by atoms with Gasteiger partial charge in [-0.3, -0.25) is 4.79 Å². The highest BCUT2D eigenvalue weighted by Gasteiger charge is 2.16. The highest BCUT2D eigenvalue weighted by Crippen LogP contribution is 2.18. The second-order valence-corrected chi connectivity index (χ2v) is 4.82. The zero-order valence-corrected chi connectivity index (χ0v) is 11.5. The fourth-order valence-corrected chi connectivity index (χ4v) is 2.23. The average Bonchev–Trinajstić information content (AvgIpc) is 2.48. The van der Waals surface area contributed by atoms with E-state index < -0.39 is 0 Å². The summed E-state index contributed by atoms with van der Waals surface area (Å²) in [6, 6.07) is 7.63. The van der Waals surface area contributed by atoms with Crippen molar-refractivity contribution in [3.63, 3.8) is 0 Å². The molecule has 0 radical (unpaired) electrons. The van der Waals surface area contributed by atoms with Gasteiger partial charge in [-0.25, -0.2) is 0 Å². The third-order valence-electron chi connectivity index (χ3n) is 3.30. The molecule has 5 nitrogen and oxygen atoms in total. The van der Waals surface area contributed by atoms with Gasteiger partial charge in [-0.1, -0.05) is 18.2 Å². The zero-order valence-electron chi connectivity index (χ0n) is 11.5. The van der Waals surface area contributed by atoms with Gasteiger partial charge in [0.05, 0.1) is 0 Å². The Bertz CT molecular complexity index is 430. The molecule has 20 heavy (non-hydrogen) atoms. The van der Waals surface area contributed by atoms with Gasteiger partial charge >= 0.3 is 0 Å². The van der Waals surface area contributed by atoms with Crippen LogP contribution in [0.4, 0.5) is 0 Å². The standard InChI is InChI=1S/C15H21NO4/c17-8-5-12-3-1-2-4-14(12)20-11-15(18)16-13-6-9-19-10-7-13/h1-4,13,17H,5-11H2,(H,16,18). The largest absolute Gasteiger partial charge is 0.483 e. The van der Waals surface area contributed by atoms with Gasteiger partial charge in [-0.2, -0.15) is 0 Å². The molecule has 1 saturated heterocycles. The summed E-state index contributed by atoms with van der Waals surface area (Å²) < 4.78 is 10.8. The van der Waals surface area contributed by atoms with Crippen LogP contribution < -0.4 is 10.1 Å². The van der Waals surface area contributed by atoms with E-state index >= 15 is 0 Å². The van der Waals surface area contributed by atoms with E-state index in [1.165, 1.54) is 0 Å². The minimum Gasteiger partial charge on any atom is -0.483 e. The SMILES string of the molecule is O=C(COc1ccccc1CCO)NC1CCOCC1. The number of ether oxygens (including phenoxy) is 2. The summed E-state index contributed by atoms with van der Waals surface area (Å²) in [6.07, 6.45) is 2.23. The van der Waals surface area contributed by atoms with Crippen LogP contribution in [0.25, 0.3) is 0 Å². The summed E-state index contributed by atoms with van der Waals surface area (Å²) in [5.41, 5.74) is 0.911. The van der Waals surface area contributed by atoms with Gasteiger partial charge in [0.25, 0.3) is 5.91 Å². The predicted octanol–water partition coefficient (Wildman–Crippen LogP) is 0.895. The number of carbonyl (C=O) groups is 1. The van der Waals surface area contributed by atoms with Crippen molar-refractivity contribution in [1.82, 2.24) is 5.32 Å². The van der Waals surface area contributed by atoms with Crippen molar-refractivity contribution in [2.45, 2.75) is 25.3 Å². The molecule has 1 aliphatic heterocycles. The van der Waals surface area contributed by atoms with Crippen molar-refractivity contribution in [2.24, 2.45) is 0 Å². The Balaban J connectivity index is 1.80. The van der Waals surface area contributed by atoms with Crippen LogP contribution in [0.3, 0.4) is 0 Å². The first-order chi connectivity index (χ1) is 9.79. The molecule has 5 heteroatoms. The van der Waals surface area contributed by atoms with E-state index in [4.69, 9.17) is 14.6 Å². The van der Waals surface area contributed by atoms with Crippen LogP contribution in [-0.2, 0) is 16.0 Å². The lowest BCUT2D eigenvalue weighted by Crippen LogP contribution is -2.41. The van der Waals surface area contributed by atoms with E-state index in [-0.39, 0.29) is 25.2 Å². The lowest BCUT2D eigenvalue weighted by molar-refractivity contribution is -0.124. The lowest BCUT2D eigenvalue weighted by Gasteiger charge is -2.23. The summed E-state index contributed by atoms with van der Waals surface area (Å²) in [5.74, 6) is 0.541.